The molecule has 0 bridgehead atoms. The van der Waals surface area contributed by atoms with Crippen LogP contribution < -0.4 is 25.4 Å². The van der Waals surface area contributed by atoms with E-state index >= 15 is 0 Å². The molecule has 3 N–H and O–H groups in total. The second kappa shape index (κ2) is 9.89. The Bertz CT molecular complexity index is 1320. The van der Waals surface area contributed by atoms with Crippen LogP contribution >= 0.6 is 0 Å². The van der Waals surface area contributed by atoms with Crippen molar-refractivity contribution >= 4 is 22.8 Å². The highest BCUT2D eigenvalue weighted by Gasteiger charge is 2.21. The van der Waals surface area contributed by atoms with Crippen LogP contribution in [0.2, 0.25) is 0 Å². The highest BCUT2D eigenvalue weighted by molar-refractivity contribution is 5.75. The van der Waals surface area contributed by atoms with Gasteiger partial charge in [0.15, 0.2) is 11.6 Å². The molecule has 1 aliphatic carbocycles. The first-order valence-electron chi connectivity index (χ1n) is 11.8. The highest BCUT2D eigenvalue weighted by Crippen LogP contribution is 2.38. The van der Waals surface area contributed by atoms with E-state index in [9.17, 15) is 0 Å². The molecule has 1 aliphatic heterocycles. The zero-order valence-electron chi connectivity index (χ0n) is 20.1. The van der Waals surface area contributed by atoms with Crippen molar-refractivity contribution in [2.45, 2.75) is 12.8 Å². The molecule has 0 unspecified atom stereocenters. The zero-order chi connectivity index (χ0) is 24.2. The predicted octanol–water partition coefficient (Wildman–Crippen LogP) is 6.05. The lowest BCUT2D eigenvalue weighted by Gasteiger charge is -2.11. The number of nitrogens with zero attached hydrogens (tertiary/aromatic N) is 2. The van der Waals surface area contributed by atoms with Gasteiger partial charge in [0.25, 0.3) is 0 Å². The van der Waals surface area contributed by atoms with Crippen molar-refractivity contribution < 1.29 is 9.47 Å². The zero-order valence-corrected chi connectivity index (χ0v) is 20.1. The molecule has 0 saturated heterocycles. The van der Waals surface area contributed by atoms with Crippen molar-refractivity contribution in [3.05, 3.63) is 108 Å². The number of hydrogen-bond donors (Lipinski definition) is 2. The van der Waals surface area contributed by atoms with E-state index in [1.54, 1.807) is 0 Å². The van der Waals surface area contributed by atoms with Gasteiger partial charge in [-0.1, -0.05) is 36.4 Å². The number of rotatable bonds is 7. The summed E-state index contributed by atoms with van der Waals surface area (Å²) < 4.78 is 14.0. The van der Waals surface area contributed by atoms with E-state index in [1.807, 2.05) is 54.6 Å². The Labute approximate surface area is 206 Å². The first kappa shape index (κ1) is 22.5. The van der Waals surface area contributed by atoms with Crippen molar-refractivity contribution in [1.29, 1.82) is 0 Å². The Balaban J connectivity index is 1.39. The molecule has 5 rings (SSSR count). The summed E-state index contributed by atoms with van der Waals surface area (Å²) in [4.78, 5) is 2.11. The van der Waals surface area contributed by atoms with Crippen LogP contribution in [-0.2, 0) is 0 Å². The molecule has 2 aromatic carbocycles. The SMILES string of the molecule is CN(C)c1ccn(C2=C(/C=C/COc3ccccc3N)CC/C2=C\C=C2\Nc3ccccc3O2)c1. The van der Waals surface area contributed by atoms with Crippen LogP contribution in [0, 0.1) is 0 Å². The van der Waals surface area contributed by atoms with Crippen molar-refractivity contribution in [3.63, 3.8) is 0 Å². The van der Waals surface area contributed by atoms with Crippen molar-refractivity contribution in [3.8, 4) is 11.5 Å². The van der Waals surface area contributed by atoms with Gasteiger partial charge in [0.2, 0.25) is 0 Å². The molecule has 3 aromatic rings. The molecule has 0 fully saturated rings. The second-order valence-electron chi connectivity index (χ2n) is 8.74. The summed E-state index contributed by atoms with van der Waals surface area (Å²) in [6.45, 7) is 0.457. The number of para-hydroxylation sites is 4. The number of anilines is 3. The molecule has 2 aliphatic rings. The third-order valence-corrected chi connectivity index (χ3v) is 6.10. The summed E-state index contributed by atoms with van der Waals surface area (Å²) in [6, 6.07) is 17.6. The largest absolute Gasteiger partial charge is 0.487 e. The third-order valence-electron chi connectivity index (χ3n) is 6.10. The van der Waals surface area contributed by atoms with E-state index in [4.69, 9.17) is 15.2 Å². The second-order valence-corrected chi connectivity index (χ2v) is 8.74. The van der Waals surface area contributed by atoms with Gasteiger partial charge in [0.1, 0.15) is 12.4 Å². The summed E-state index contributed by atoms with van der Waals surface area (Å²) >= 11 is 0. The van der Waals surface area contributed by atoms with E-state index in [1.165, 1.54) is 16.8 Å². The van der Waals surface area contributed by atoms with Crippen LogP contribution in [0.3, 0.4) is 0 Å². The average Bonchev–Trinajstić information content (AvgIpc) is 3.59. The number of nitrogens with one attached hydrogen (secondary N) is 1. The highest BCUT2D eigenvalue weighted by atomic mass is 16.5. The number of nitrogen functional groups attached to an aromatic ring is 1. The normalized spacial score (nSPS) is 17.2. The van der Waals surface area contributed by atoms with Crippen LogP contribution in [0.5, 0.6) is 11.5 Å². The quantitative estimate of drug-likeness (QED) is 0.415. The van der Waals surface area contributed by atoms with Crippen LogP contribution in [-0.4, -0.2) is 25.3 Å². The molecule has 0 spiro atoms. The number of hydrogen-bond acceptors (Lipinski definition) is 5. The van der Waals surface area contributed by atoms with E-state index in [0.29, 0.717) is 18.0 Å². The predicted molar refractivity (Wildman–Crippen MR) is 144 cm³/mol. The van der Waals surface area contributed by atoms with E-state index < -0.39 is 0 Å². The molecule has 178 valence electrons. The van der Waals surface area contributed by atoms with E-state index in [-0.39, 0.29) is 0 Å². The molecule has 6 nitrogen and oxygen atoms in total. The molecule has 6 heteroatoms. The minimum Gasteiger partial charge on any atom is -0.487 e. The Kier molecular flexibility index (Phi) is 6.35. The van der Waals surface area contributed by atoms with Crippen LogP contribution in [0.25, 0.3) is 5.70 Å². The fourth-order valence-corrected chi connectivity index (χ4v) is 4.29. The van der Waals surface area contributed by atoms with Crippen LogP contribution in [0.15, 0.2) is 108 Å². The van der Waals surface area contributed by atoms with Crippen molar-refractivity contribution in [1.82, 2.24) is 4.57 Å². The van der Waals surface area contributed by atoms with Gasteiger partial charge in [-0.3, -0.25) is 0 Å². The molecule has 0 radical (unpaired) electrons. The molecule has 0 amide bonds. The van der Waals surface area contributed by atoms with Gasteiger partial charge < -0.3 is 30.0 Å². The Hall–Kier alpha value is -4.32. The summed E-state index contributed by atoms with van der Waals surface area (Å²) in [5, 5.41) is 3.33. The van der Waals surface area contributed by atoms with E-state index in [0.717, 1.165) is 35.8 Å². The summed E-state index contributed by atoms with van der Waals surface area (Å²) in [5.74, 6) is 2.29. The lowest BCUT2D eigenvalue weighted by atomic mass is 10.2. The molecule has 1 aromatic heterocycles. The average molecular weight is 467 g/mol. The molecule has 35 heavy (non-hydrogen) atoms. The molecule has 2 heterocycles. The van der Waals surface area contributed by atoms with Crippen LogP contribution in [0.4, 0.5) is 17.1 Å². The summed E-state index contributed by atoms with van der Waals surface area (Å²) in [7, 11) is 4.11. The Morgan fingerprint density at radius 3 is 2.69 bits per heavy atom. The molecule has 0 saturated carbocycles. The van der Waals surface area contributed by atoms with Gasteiger partial charge >= 0.3 is 0 Å². The minimum absolute atomic E-state index is 0.457. The maximum absolute atomic E-state index is 5.99. The first-order chi connectivity index (χ1) is 17.1. The molecular weight excluding hydrogens is 436 g/mol. The van der Waals surface area contributed by atoms with Crippen LogP contribution in [0.1, 0.15) is 12.8 Å². The lowest BCUT2D eigenvalue weighted by Crippen LogP contribution is -2.07. The topological polar surface area (TPSA) is 64.7 Å². The van der Waals surface area contributed by atoms with Crippen molar-refractivity contribution in [2.24, 2.45) is 0 Å². The van der Waals surface area contributed by atoms with Gasteiger partial charge in [-0.15, -0.1) is 0 Å². The maximum atomic E-state index is 5.99. The summed E-state index contributed by atoms with van der Waals surface area (Å²) in [6.07, 6.45) is 14.6. The standard InChI is InChI=1S/C29H30N4O2/c1-32(2)23-17-18-33(20-23)29-21(8-7-19-34-26-11-5-3-9-24(26)30)13-14-22(29)15-16-28-31-25-10-4-6-12-27(25)35-28/h3-12,15-18,20,31H,13-14,19,30H2,1-2H3/b8-7+,22-15+,28-16-. The molecule has 0 atom stereocenters. The van der Waals surface area contributed by atoms with E-state index in [2.05, 4.69) is 65.6 Å². The van der Waals surface area contributed by atoms with Gasteiger partial charge in [0, 0.05) is 26.5 Å². The summed E-state index contributed by atoms with van der Waals surface area (Å²) in [5.41, 5.74) is 12.5. The smallest absolute Gasteiger partial charge is 0.198 e. The third kappa shape index (κ3) is 4.96. The number of allylic oxidation sites excluding steroid dienone is 6. The first-order valence-corrected chi connectivity index (χ1v) is 11.8. The fourth-order valence-electron chi connectivity index (χ4n) is 4.29. The fraction of sp³-hybridized carbons (Fsp3) is 0.172. The monoisotopic (exact) mass is 466 g/mol. The number of aromatic nitrogens is 1. The van der Waals surface area contributed by atoms with Crippen molar-refractivity contribution in [2.75, 3.05) is 36.7 Å². The number of fused-ring (bicyclic) bond motifs is 1. The number of ether oxygens (including phenoxy) is 2. The van der Waals surface area contributed by atoms with Gasteiger partial charge in [0.05, 0.1) is 22.8 Å². The maximum Gasteiger partial charge on any atom is 0.198 e. The minimum atomic E-state index is 0.457. The van der Waals surface area contributed by atoms with Gasteiger partial charge in [-0.25, -0.2) is 0 Å². The van der Waals surface area contributed by atoms with Gasteiger partial charge in [-0.2, -0.15) is 0 Å². The Morgan fingerprint density at radius 2 is 1.89 bits per heavy atom. The number of benzene rings is 2. The lowest BCUT2D eigenvalue weighted by molar-refractivity contribution is 0.365. The van der Waals surface area contributed by atoms with Gasteiger partial charge in [-0.05, 0) is 66.5 Å². The molecular formula is C29H30N4O2. The number of nitrogens with two attached hydrogens (primary N) is 1. The Morgan fingerprint density at radius 1 is 1.06 bits per heavy atom.